The molecule has 1 unspecified atom stereocenters. The Balaban J connectivity index is 2.24. The average Bonchev–Trinajstić information content (AvgIpc) is 2.86. The molecule has 0 bridgehead atoms. The van der Waals surface area contributed by atoms with E-state index in [1.165, 1.54) is 23.5 Å². The molecule has 2 aromatic rings. The van der Waals surface area contributed by atoms with E-state index in [4.69, 9.17) is 0 Å². The average molecular weight is 393 g/mol. The first-order valence-electron chi connectivity index (χ1n) is 6.25. The van der Waals surface area contributed by atoms with E-state index in [0.717, 1.165) is 17.4 Å². The first kappa shape index (κ1) is 16.5. The maximum atomic E-state index is 13.8. The van der Waals surface area contributed by atoms with Crippen molar-refractivity contribution in [3.8, 4) is 0 Å². The predicted molar refractivity (Wildman–Crippen MR) is 84.3 cm³/mol. The number of hydrogen-bond acceptors (Lipinski definition) is 4. The third kappa shape index (κ3) is 3.88. The molecule has 0 amide bonds. The van der Waals surface area contributed by atoms with Crippen LogP contribution in [0.1, 0.15) is 29.8 Å². The van der Waals surface area contributed by atoms with Crippen LogP contribution in [0.2, 0.25) is 0 Å². The van der Waals surface area contributed by atoms with Gasteiger partial charge in [0.2, 0.25) is 10.0 Å². The summed E-state index contributed by atoms with van der Waals surface area (Å²) < 4.78 is 41.2. The quantitative estimate of drug-likeness (QED) is 0.844. The molecule has 114 valence electrons. The van der Waals surface area contributed by atoms with Gasteiger partial charge in [-0.15, -0.1) is 11.3 Å². The van der Waals surface area contributed by atoms with Gasteiger partial charge in [-0.1, -0.05) is 22.9 Å². The largest absolute Gasteiger partial charge is 0.248 e. The molecular weight excluding hydrogens is 379 g/mol. The van der Waals surface area contributed by atoms with Crippen molar-refractivity contribution in [2.45, 2.75) is 31.2 Å². The van der Waals surface area contributed by atoms with Gasteiger partial charge < -0.3 is 0 Å². The highest BCUT2D eigenvalue weighted by Crippen LogP contribution is 2.24. The van der Waals surface area contributed by atoms with Crippen LogP contribution in [0.5, 0.6) is 0 Å². The zero-order valence-electron chi connectivity index (χ0n) is 11.4. The highest BCUT2D eigenvalue weighted by Gasteiger charge is 2.23. The van der Waals surface area contributed by atoms with Crippen molar-refractivity contribution in [2.24, 2.45) is 0 Å². The fourth-order valence-corrected chi connectivity index (χ4v) is 4.26. The molecule has 0 aliphatic carbocycles. The van der Waals surface area contributed by atoms with E-state index in [9.17, 15) is 12.8 Å². The van der Waals surface area contributed by atoms with Crippen LogP contribution in [0, 0.1) is 5.82 Å². The van der Waals surface area contributed by atoms with Crippen LogP contribution in [0.4, 0.5) is 4.39 Å². The number of benzene rings is 1. The minimum Gasteiger partial charge on any atom is -0.248 e. The second-order valence-corrected chi connectivity index (χ2v) is 8.18. The summed E-state index contributed by atoms with van der Waals surface area (Å²) in [6.07, 6.45) is 2.57. The number of rotatable bonds is 5. The molecule has 0 aliphatic heterocycles. The zero-order chi connectivity index (χ0) is 15.6. The lowest BCUT2D eigenvalue weighted by atomic mass is 10.3. The third-order valence-electron chi connectivity index (χ3n) is 2.81. The number of aromatic nitrogens is 1. The molecule has 0 radical (unpaired) electrons. The van der Waals surface area contributed by atoms with Crippen LogP contribution in [0.25, 0.3) is 0 Å². The van der Waals surface area contributed by atoms with Gasteiger partial charge in [0, 0.05) is 15.5 Å². The Morgan fingerprint density at radius 3 is 2.76 bits per heavy atom. The monoisotopic (exact) mass is 392 g/mol. The van der Waals surface area contributed by atoms with E-state index in [-0.39, 0.29) is 4.90 Å². The van der Waals surface area contributed by atoms with Crippen molar-refractivity contribution < 1.29 is 12.8 Å². The van der Waals surface area contributed by atoms with Crippen LogP contribution in [0.3, 0.4) is 0 Å². The summed E-state index contributed by atoms with van der Waals surface area (Å²) in [5, 5.41) is 0.660. The Bertz CT molecular complexity index is 746. The van der Waals surface area contributed by atoms with Gasteiger partial charge in [0.25, 0.3) is 0 Å². The summed E-state index contributed by atoms with van der Waals surface area (Å²) in [7, 11) is -3.93. The number of sulfonamides is 1. The molecule has 4 nitrogen and oxygen atoms in total. The molecule has 1 aromatic heterocycles. The van der Waals surface area contributed by atoms with Gasteiger partial charge in [-0.3, -0.25) is 0 Å². The van der Waals surface area contributed by atoms with E-state index >= 15 is 0 Å². The molecule has 0 saturated carbocycles. The van der Waals surface area contributed by atoms with Gasteiger partial charge in [0.05, 0.1) is 6.04 Å². The molecule has 0 spiro atoms. The van der Waals surface area contributed by atoms with Crippen molar-refractivity contribution in [1.82, 2.24) is 9.71 Å². The van der Waals surface area contributed by atoms with Crippen molar-refractivity contribution >= 4 is 37.3 Å². The van der Waals surface area contributed by atoms with E-state index in [1.807, 2.05) is 6.92 Å². The Hall–Kier alpha value is -0.830. The van der Waals surface area contributed by atoms with E-state index in [0.29, 0.717) is 9.48 Å². The fraction of sp³-hybridized carbons (Fsp3) is 0.308. The number of thiazole rings is 1. The van der Waals surface area contributed by atoms with Crippen LogP contribution in [-0.4, -0.2) is 13.4 Å². The van der Waals surface area contributed by atoms with Crippen molar-refractivity contribution in [1.29, 1.82) is 0 Å². The molecule has 1 N–H and O–H groups in total. The molecular formula is C13H14BrFN2O2S2. The summed E-state index contributed by atoms with van der Waals surface area (Å²) in [6, 6.07) is 3.33. The fourth-order valence-electron chi connectivity index (χ4n) is 1.73. The topological polar surface area (TPSA) is 59.1 Å². The smallest absolute Gasteiger partial charge is 0.244 e. The molecule has 0 aliphatic rings. The second kappa shape index (κ2) is 6.51. The summed E-state index contributed by atoms with van der Waals surface area (Å²) in [5.41, 5.74) is 0. The maximum absolute atomic E-state index is 13.8. The highest BCUT2D eigenvalue weighted by atomic mass is 79.9. The molecule has 21 heavy (non-hydrogen) atoms. The van der Waals surface area contributed by atoms with Crippen LogP contribution < -0.4 is 4.72 Å². The highest BCUT2D eigenvalue weighted by molar-refractivity contribution is 9.10. The Labute approximate surface area is 135 Å². The van der Waals surface area contributed by atoms with Gasteiger partial charge in [0.15, 0.2) is 0 Å². The third-order valence-corrected chi connectivity index (χ3v) is 6.20. The van der Waals surface area contributed by atoms with Gasteiger partial charge in [-0.2, -0.15) is 0 Å². The molecule has 1 atom stereocenters. The van der Waals surface area contributed by atoms with Gasteiger partial charge in [0.1, 0.15) is 15.7 Å². The van der Waals surface area contributed by atoms with Gasteiger partial charge in [-0.05, 0) is 31.5 Å². The van der Waals surface area contributed by atoms with Crippen LogP contribution >= 0.6 is 27.3 Å². The summed E-state index contributed by atoms with van der Waals surface area (Å²) >= 11 is 4.54. The van der Waals surface area contributed by atoms with Crippen LogP contribution in [-0.2, 0) is 16.4 Å². The Morgan fingerprint density at radius 2 is 2.19 bits per heavy atom. The molecule has 1 heterocycles. The maximum Gasteiger partial charge on any atom is 0.244 e. The van der Waals surface area contributed by atoms with Crippen LogP contribution in [0.15, 0.2) is 33.8 Å². The van der Waals surface area contributed by atoms with Crippen molar-refractivity contribution in [2.75, 3.05) is 0 Å². The van der Waals surface area contributed by atoms with E-state index < -0.39 is 21.9 Å². The van der Waals surface area contributed by atoms with E-state index in [2.05, 4.69) is 25.6 Å². The molecule has 1 aromatic carbocycles. The summed E-state index contributed by atoms with van der Waals surface area (Å²) in [4.78, 5) is 4.90. The second-order valence-electron chi connectivity index (χ2n) is 4.44. The number of aryl methyl sites for hydroxylation is 1. The molecule has 2 rings (SSSR count). The SMILES string of the molecule is CCc1cnc(C(C)NS(=O)(=O)c2ccc(Br)cc2F)s1. The lowest BCUT2D eigenvalue weighted by Crippen LogP contribution is -2.27. The van der Waals surface area contributed by atoms with Crippen molar-refractivity contribution in [3.63, 3.8) is 0 Å². The standard InChI is InChI=1S/C13H14BrFN2O2S2/c1-3-10-7-16-13(20-10)8(2)17-21(18,19)12-5-4-9(14)6-11(12)15/h4-8,17H,3H2,1-2H3. The number of nitrogens with zero attached hydrogens (tertiary/aromatic N) is 1. The minimum atomic E-state index is -3.93. The normalized spacial score (nSPS) is 13.3. The minimum absolute atomic E-state index is 0.371. The molecule has 0 saturated heterocycles. The number of halogens is 2. The first-order chi connectivity index (χ1) is 9.83. The van der Waals surface area contributed by atoms with Gasteiger partial charge >= 0.3 is 0 Å². The number of nitrogens with one attached hydrogen (secondary N) is 1. The van der Waals surface area contributed by atoms with Crippen molar-refractivity contribution in [3.05, 3.63) is 44.6 Å². The predicted octanol–water partition coefficient (Wildman–Crippen LogP) is 3.65. The lowest BCUT2D eigenvalue weighted by molar-refractivity contribution is 0.546. The van der Waals surface area contributed by atoms with E-state index in [1.54, 1.807) is 13.1 Å². The summed E-state index contributed by atoms with van der Waals surface area (Å²) in [6.45, 7) is 3.69. The first-order valence-corrected chi connectivity index (χ1v) is 9.34. The molecule has 8 heteroatoms. The lowest BCUT2D eigenvalue weighted by Gasteiger charge is -2.12. The Kier molecular flexibility index (Phi) is 5.13. The molecule has 0 fully saturated rings. The Morgan fingerprint density at radius 1 is 1.48 bits per heavy atom. The number of hydrogen-bond donors (Lipinski definition) is 1. The van der Waals surface area contributed by atoms with Gasteiger partial charge in [-0.25, -0.2) is 22.5 Å². The zero-order valence-corrected chi connectivity index (χ0v) is 14.6. The summed E-state index contributed by atoms with van der Waals surface area (Å²) in [5.74, 6) is -0.794.